The number of rotatable bonds is 4. The third kappa shape index (κ3) is 2.99. The van der Waals surface area contributed by atoms with E-state index >= 15 is 0 Å². The molecule has 5 rings (SSSR count). The summed E-state index contributed by atoms with van der Waals surface area (Å²) in [5.74, 6) is 1.41. The summed E-state index contributed by atoms with van der Waals surface area (Å²) in [5, 5.41) is 8.15. The number of nitrogens with one attached hydrogen (secondary N) is 1. The number of piperidine rings is 1. The highest BCUT2D eigenvalue weighted by molar-refractivity contribution is 5.79. The van der Waals surface area contributed by atoms with E-state index in [0.717, 1.165) is 60.5 Å². The molecule has 144 valence electrons. The summed E-state index contributed by atoms with van der Waals surface area (Å²) in [7, 11) is 2.17. The second-order valence-corrected chi connectivity index (χ2v) is 7.48. The van der Waals surface area contributed by atoms with Crippen LogP contribution >= 0.6 is 0 Å². The topological polar surface area (TPSA) is 75.7 Å². The van der Waals surface area contributed by atoms with Crippen LogP contribution in [0.4, 0.5) is 5.95 Å². The van der Waals surface area contributed by atoms with E-state index in [1.165, 1.54) is 0 Å². The van der Waals surface area contributed by atoms with Gasteiger partial charge in [0.15, 0.2) is 0 Å². The fourth-order valence-corrected chi connectivity index (χ4v) is 3.87. The summed E-state index contributed by atoms with van der Waals surface area (Å²) in [5.41, 5.74) is 4.21. The predicted molar refractivity (Wildman–Crippen MR) is 108 cm³/mol. The zero-order valence-electron chi connectivity index (χ0n) is 16.2. The number of hydrogen-bond donors (Lipinski definition) is 1. The molecule has 0 radical (unpaired) electrons. The molecule has 8 nitrogen and oxygen atoms in total. The normalized spacial score (nSPS) is 16.2. The van der Waals surface area contributed by atoms with Crippen molar-refractivity contribution in [1.82, 2.24) is 33.9 Å². The Balaban J connectivity index is 1.45. The molecule has 0 unspecified atom stereocenters. The van der Waals surface area contributed by atoms with Crippen molar-refractivity contribution in [2.24, 2.45) is 0 Å². The highest BCUT2D eigenvalue weighted by atomic mass is 15.3. The van der Waals surface area contributed by atoms with Crippen molar-refractivity contribution >= 4 is 17.2 Å². The molecular formula is C20H24N8. The smallest absolute Gasteiger partial charge is 0.241 e. The zero-order chi connectivity index (χ0) is 19.1. The summed E-state index contributed by atoms with van der Waals surface area (Å²) in [6.45, 7) is 4.34. The Bertz CT molecular complexity index is 1120. The molecule has 1 saturated heterocycles. The number of aromatic nitrogens is 6. The highest BCUT2D eigenvalue weighted by Gasteiger charge is 2.18. The number of aryl methyl sites for hydroxylation is 1. The molecule has 5 heterocycles. The van der Waals surface area contributed by atoms with E-state index in [2.05, 4.69) is 60.9 Å². The number of nitrogens with zero attached hydrogens (tertiary/aromatic N) is 7. The lowest BCUT2D eigenvalue weighted by molar-refractivity contribution is 0.263. The summed E-state index contributed by atoms with van der Waals surface area (Å²) in [4.78, 5) is 15.8. The average molecular weight is 376 g/mol. The number of hydrogen-bond acceptors (Lipinski definition) is 6. The minimum atomic E-state index is 0.434. The second-order valence-electron chi connectivity index (χ2n) is 7.48. The largest absolute Gasteiger partial charge is 0.350 e. The predicted octanol–water partition coefficient (Wildman–Crippen LogP) is 2.51. The van der Waals surface area contributed by atoms with Crippen molar-refractivity contribution in [3.8, 4) is 11.1 Å². The van der Waals surface area contributed by atoms with Crippen LogP contribution in [0.15, 0.2) is 37.1 Å². The van der Waals surface area contributed by atoms with Gasteiger partial charge in [0.1, 0.15) is 0 Å². The first-order valence-electron chi connectivity index (χ1n) is 9.83. The van der Waals surface area contributed by atoms with Crippen molar-refractivity contribution in [3.05, 3.63) is 42.7 Å². The van der Waals surface area contributed by atoms with Crippen molar-refractivity contribution in [1.29, 1.82) is 0 Å². The Labute approximate surface area is 163 Å². The quantitative estimate of drug-likeness (QED) is 0.590. The van der Waals surface area contributed by atoms with Gasteiger partial charge in [-0.15, -0.1) is 5.10 Å². The van der Waals surface area contributed by atoms with Gasteiger partial charge in [0.05, 0.1) is 17.9 Å². The third-order valence-electron chi connectivity index (χ3n) is 5.58. The van der Waals surface area contributed by atoms with E-state index in [1.54, 1.807) is 0 Å². The molecule has 8 heteroatoms. The first-order valence-corrected chi connectivity index (χ1v) is 9.83. The molecule has 4 aromatic rings. The lowest BCUT2D eigenvalue weighted by Gasteiger charge is -2.29. The summed E-state index contributed by atoms with van der Waals surface area (Å²) < 4.78 is 3.94. The van der Waals surface area contributed by atoms with Crippen molar-refractivity contribution in [3.63, 3.8) is 0 Å². The van der Waals surface area contributed by atoms with Crippen molar-refractivity contribution < 1.29 is 0 Å². The second kappa shape index (κ2) is 6.87. The maximum Gasteiger partial charge on any atom is 0.241 e. The van der Waals surface area contributed by atoms with Gasteiger partial charge in [-0.05, 0) is 45.5 Å². The molecule has 4 aromatic heterocycles. The van der Waals surface area contributed by atoms with Crippen LogP contribution in [0.1, 0.15) is 25.5 Å². The Hall–Kier alpha value is -3.00. The summed E-state index contributed by atoms with van der Waals surface area (Å²) in [6.07, 6.45) is 12.8. The van der Waals surface area contributed by atoms with Gasteiger partial charge < -0.3 is 10.2 Å². The maximum absolute atomic E-state index is 4.66. The van der Waals surface area contributed by atoms with Gasteiger partial charge in [-0.25, -0.2) is 19.5 Å². The molecule has 0 spiro atoms. The van der Waals surface area contributed by atoms with Gasteiger partial charge in [-0.2, -0.15) is 0 Å². The maximum atomic E-state index is 4.66. The molecule has 1 fully saturated rings. The average Bonchev–Trinajstić information content (AvgIpc) is 3.32. The van der Waals surface area contributed by atoms with Crippen molar-refractivity contribution in [2.45, 2.75) is 32.2 Å². The van der Waals surface area contributed by atoms with Crippen LogP contribution in [-0.4, -0.2) is 60.0 Å². The van der Waals surface area contributed by atoms with Crippen LogP contribution in [0.3, 0.4) is 0 Å². The van der Waals surface area contributed by atoms with Gasteiger partial charge in [-0.3, -0.25) is 4.40 Å². The van der Waals surface area contributed by atoms with Gasteiger partial charge in [0.2, 0.25) is 11.7 Å². The van der Waals surface area contributed by atoms with Crippen LogP contribution in [0.25, 0.3) is 22.4 Å². The molecular weight excluding hydrogens is 352 g/mol. The molecule has 0 atom stereocenters. The summed E-state index contributed by atoms with van der Waals surface area (Å²) >= 11 is 0. The number of imidazole rings is 1. The van der Waals surface area contributed by atoms with E-state index in [1.807, 2.05) is 29.3 Å². The van der Waals surface area contributed by atoms with Crippen LogP contribution in [0.2, 0.25) is 0 Å². The molecule has 1 N–H and O–H groups in total. The number of anilines is 1. The first-order chi connectivity index (χ1) is 13.7. The Morgan fingerprint density at radius 1 is 1.11 bits per heavy atom. The summed E-state index contributed by atoms with van der Waals surface area (Å²) in [6, 6.07) is 2.50. The SMILES string of the molecule is CCc1cnc2ncc(-c3ccn4nc(NC5CCN(C)CC5)ncc34)cn12. The Morgan fingerprint density at radius 3 is 2.75 bits per heavy atom. The van der Waals surface area contributed by atoms with Gasteiger partial charge >= 0.3 is 0 Å². The Morgan fingerprint density at radius 2 is 1.93 bits per heavy atom. The van der Waals surface area contributed by atoms with Gasteiger partial charge in [-0.1, -0.05) is 6.92 Å². The molecule has 1 aliphatic rings. The third-order valence-corrected chi connectivity index (χ3v) is 5.58. The lowest BCUT2D eigenvalue weighted by atomic mass is 10.1. The molecule has 0 saturated carbocycles. The standard InChI is InChI=1S/C20H24N8/c1-3-16-11-23-20-22-10-14(13-27(16)20)17-6-9-28-18(17)12-21-19(25-28)24-15-4-7-26(2)8-5-15/h6,9-13,15H,3-5,7-8H2,1-2H3,(H,24,25). The van der Waals surface area contributed by atoms with Gasteiger partial charge in [0.25, 0.3) is 0 Å². The zero-order valence-corrected chi connectivity index (χ0v) is 16.2. The van der Waals surface area contributed by atoms with E-state index < -0.39 is 0 Å². The van der Waals surface area contributed by atoms with Crippen molar-refractivity contribution in [2.75, 3.05) is 25.5 Å². The number of fused-ring (bicyclic) bond motifs is 2. The van der Waals surface area contributed by atoms with Crippen LogP contribution in [0.5, 0.6) is 0 Å². The van der Waals surface area contributed by atoms with E-state index in [-0.39, 0.29) is 0 Å². The van der Waals surface area contributed by atoms with E-state index in [4.69, 9.17) is 0 Å². The van der Waals surface area contributed by atoms with Crippen LogP contribution in [0, 0.1) is 0 Å². The lowest BCUT2D eigenvalue weighted by Crippen LogP contribution is -2.37. The molecule has 28 heavy (non-hydrogen) atoms. The van der Waals surface area contributed by atoms with Crippen LogP contribution < -0.4 is 5.32 Å². The van der Waals surface area contributed by atoms with E-state index in [9.17, 15) is 0 Å². The molecule has 0 aliphatic carbocycles. The van der Waals surface area contributed by atoms with Crippen LogP contribution in [-0.2, 0) is 6.42 Å². The fourth-order valence-electron chi connectivity index (χ4n) is 3.87. The van der Waals surface area contributed by atoms with Gasteiger partial charge in [0, 0.05) is 41.5 Å². The van der Waals surface area contributed by atoms with E-state index in [0.29, 0.717) is 12.0 Å². The molecule has 0 bridgehead atoms. The minimum absolute atomic E-state index is 0.434. The monoisotopic (exact) mass is 376 g/mol. The highest BCUT2D eigenvalue weighted by Crippen LogP contribution is 2.25. The molecule has 0 amide bonds. The first kappa shape index (κ1) is 17.1. The fraction of sp³-hybridized carbons (Fsp3) is 0.400. The number of likely N-dealkylation sites (tertiary alicyclic amines) is 1. The molecule has 0 aromatic carbocycles. The minimum Gasteiger partial charge on any atom is -0.350 e. The Kier molecular flexibility index (Phi) is 4.20. The molecule has 1 aliphatic heterocycles.